The van der Waals surface area contributed by atoms with E-state index in [-0.39, 0.29) is 11.1 Å². The lowest BCUT2D eigenvalue weighted by Crippen LogP contribution is -2.23. The second kappa shape index (κ2) is 6.87. The molecular formula is C19H15F2N3O2. The van der Waals surface area contributed by atoms with Gasteiger partial charge in [0.1, 0.15) is 0 Å². The van der Waals surface area contributed by atoms with E-state index in [2.05, 4.69) is 4.98 Å². The molecule has 1 aromatic carbocycles. The molecular weight excluding hydrogens is 340 g/mol. The van der Waals surface area contributed by atoms with Crippen molar-refractivity contribution in [3.63, 3.8) is 0 Å². The maximum absolute atomic E-state index is 13.3. The minimum atomic E-state index is -0.905. The minimum Gasteiger partial charge on any atom is -0.366 e. The van der Waals surface area contributed by atoms with Crippen LogP contribution >= 0.6 is 0 Å². The van der Waals surface area contributed by atoms with Crippen molar-refractivity contribution < 1.29 is 13.6 Å². The molecule has 0 fully saturated rings. The van der Waals surface area contributed by atoms with E-state index in [9.17, 15) is 18.4 Å². The number of benzene rings is 1. The van der Waals surface area contributed by atoms with E-state index in [1.165, 1.54) is 29.8 Å². The largest absolute Gasteiger partial charge is 0.366 e. The third kappa shape index (κ3) is 3.37. The number of pyridine rings is 2. The van der Waals surface area contributed by atoms with Crippen LogP contribution in [-0.4, -0.2) is 15.5 Å². The van der Waals surface area contributed by atoms with Crippen LogP contribution in [0.1, 0.15) is 21.5 Å². The summed E-state index contributed by atoms with van der Waals surface area (Å²) in [6.07, 6.45) is 1.92. The Hall–Kier alpha value is -3.35. The normalized spacial score (nSPS) is 10.7. The first-order valence-corrected chi connectivity index (χ1v) is 7.76. The summed E-state index contributed by atoms with van der Waals surface area (Å²) in [4.78, 5) is 27.8. The molecule has 132 valence electrons. The average Bonchev–Trinajstić information content (AvgIpc) is 2.61. The lowest BCUT2D eigenvalue weighted by Gasteiger charge is -2.12. The maximum atomic E-state index is 13.3. The van der Waals surface area contributed by atoms with Gasteiger partial charge in [0, 0.05) is 19.3 Å². The molecule has 0 saturated heterocycles. The van der Waals surface area contributed by atoms with Crippen LogP contribution in [-0.2, 0) is 13.5 Å². The predicted molar refractivity (Wildman–Crippen MR) is 92.6 cm³/mol. The fourth-order valence-corrected chi connectivity index (χ4v) is 2.70. The summed E-state index contributed by atoms with van der Waals surface area (Å²) in [6.45, 7) is 0. The molecule has 7 heteroatoms. The van der Waals surface area contributed by atoms with E-state index in [4.69, 9.17) is 5.73 Å². The fourth-order valence-electron chi connectivity index (χ4n) is 2.70. The SMILES string of the molecule is Cn1c(-c2ccc(Cc3ccc(F)c(F)c3)cn2)c(C(N)=O)ccc1=O. The van der Waals surface area contributed by atoms with Gasteiger partial charge in [-0.3, -0.25) is 14.6 Å². The first-order chi connectivity index (χ1) is 12.4. The Kier molecular flexibility index (Phi) is 4.62. The summed E-state index contributed by atoms with van der Waals surface area (Å²) in [5.41, 5.74) is 7.37. The average molecular weight is 355 g/mol. The van der Waals surface area contributed by atoms with Crippen molar-refractivity contribution in [3.8, 4) is 11.4 Å². The van der Waals surface area contributed by atoms with Crippen molar-refractivity contribution in [2.24, 2.45) is 12.8 Å². The summed E-state index contributed by atoms with van der Waals surface area (Å²) < 4.78 is 27.6. The van der Waals surface area contributed by atoms with Crippen LogP contribution in [0.15, 0.2) is 53.5 Å². The van der Waals surface area contributed by atoms with E-state index in [0.717, 1.165) is 17.7 Å². The highest BCUT2D eigenvalue weighted by Gasteiger charge is 2.15. The zero-order valence-electron chi connectivity index (χ0n) is 13.9. The Balaban J connectivity index is 1.95. The summed E-state index contributed by atoms with van der Waals surface area (Å²) >= 11 is 0. The number of carbonyl (C=O) groups is 1. The highest BCUT2D eigenvalue weighted by Crippen LogP contribution is 2.21. The Labute approximate surface area is 147 Å². The molecule has 0 unspecified atom stereocenters. The Morgan fingerprint density at radius 2 is 1.81 bits per heavy atom. The fraction of sp³-hybridized carbons (Fsp3) is 0.105. The van der Waals surface area contributed by atoms with Gasteiger partial charge in [-0.2, -0.15) is 0 Å². The van der Waals surface area contributed by atoms with Gasteiger partial charge in [-0.1, -0.05) is 12.1 Å². The molecule has 2 aromatic heterocycles. The summed E-state index contributed by atoms with van der Waals surface area (Å²) in [5.74, 6) is -2.47. The molecule has 0 radical (unpaired) electrons. The van der Waals surface area contributed by atoms with Crippen LogP contribution in [0.5, 0.6) is 0 Å². The van der Waals surface area contributed by atoms with Gasteiger partial charge < -0.3 is 10.3 Å². The number of nitrogens with two attached hydrogens (primary N) is 1. The Bertz CT molecular complexity index is 1040. The molecule has 0 saturated carbocycles. The van der Waals surface area contributed by atoms with Crippen LogP contribution < -0.4 is 11.3 Å². The van der Waals surface area contributed by atoms with Gasteiger partial charge in [0.25, 0.3) is 11.5 Å². The van der Waals surface area contributed by atoms with E-state index in [1.807, 2.05) is 0 Å². The van der Waals surface area contributed by atoms with Crippen LogP contribution in [0.3, 0.4) is 0 Å². The van der Waals surface area contributed by atoms with E-state index < -0.39 is 17.5 Å². The summed E-state index contributed by atoms with van der Waals surface area (Å²) in [6, 6.07) is 9.74. The first-order valence-electron chi connectivity index (χ1n) is 7.76. The van der Waals surface area contributed by atoms with Crippen molar-refractivity contribution >= 4 is 5.91 Å². The Morgan fingerprint density at radius 1 is 1.08 bits per heavy atom. The number of primary amides is 1. The number of nitrogens with zero attached hydrogens (tertiary/aromatic N) is 2. The van der Waals surface area contributed by atoms with Crippen molar-refractivity contribution in [3.05, 3.63) is 87.3 Å². The van der Waals surface area contributed by atoms with Gasteiger partial charge in [-0.25, -0.2) is 8.78 Å². The molecule has 2 N–H and O–H groups in total. The molecule has 1 amide bonds. The van der Waals surface area contributed by atoms with E-state index in [1.54, 1.807) is 18.3 Å². The van der Waals surface area contributed by atoms with Gasteiger partial charge in [-0.05, 0) is 41.8 Å². The second-order valence-corrected chi connectivity index (χ2v) is 5.83. The minimum absolute atomic E-state index is 0.188. The molecule has 0 aliphatic heterocycles. The zero-order chi connectivity index (χ0) is 18.8. The number of rotatable bonds is 4. The molecule has 0 spiro atoms. The van der Waals surface area contributed by atoms with Crippen molar-refractivity contribution in [1.82, 2.24) is 9.55 Å². The van der Waals surface area contributed by atoms with Gasteiger partial charge in [0.15, 0.2) is 11.6 Å². The lowest BCUT2D eigenvalue weighted by atomic mass is 10.0. The van der Waals surface area contributed by atoms with Crippen LogP contribution in [0.25, 0.3) is 11.4 Å². The Morgan fingerprint density at radius 3 is 2.42 bits per heavy atom. The lowest BCUT2D eigenvalue weighted by molar-refractivity contribution is 0.1000. The third-order valence-electron chi connectivity index (χ3n) is 4.04. The third-order valence-corrected chi connectivity index (χ3v) is 4.04. The van der Waals surface area contributed by atoms with Crippen molar-refractivity contribution in [2.45, 2.75) is 6.42 Å². The maximum Gasteiger partial charge on any atom is 0.250 e. The number of hydrogen-bond acceptors (Lipinski definition) is 3. The highest BCUT2D eigenvalue weighted by atomic mass is 19.2. The number of hydrogen-bond donors (Lipinski definition) is 1. The van der Waals surface area contributed by atoms with Gasteiger partial charge in [0.2, 0.25) is 0 Å². The van der Waals surface area contributed by atoms with Crippen molar-refractivity contribution in [2.75, 3.05) is 0 Å². The number of carbonyl (C=O) groups excluding carboxylic acids is 1. The summed E-state index contributed by atoms with van der Waals surface area (Å²) in [5, 5.41) is 0. The van der Waals surface area contributed by atoms with Gasteiger partial charge >= 0.3 is 0 Å². The quantitative estimate of drug-likeness (QED) is 0.781. The molecule has 0 aliphatic rings. The highest BCUT2D eigenvalue weighted by molar-refractivity contribution is 5.98. The number of halogens is 2. The molecule has 2 heterocycles. The summed E-state index contributed by atoms with van der Waals surface area (Å²) in [7, 11) is 1.53. The first kappa shape index (κ1) is 17.5. The molecule has 0 aliphatic carbocycles. The van der Waals surface area contributed by atoms with Gasteiger partial charge in [-0.15, -0.1) is 0 Å². The molecule has 3 aromatic rings. The number of amides is 1. The van der Waals surface area contributed by atoms with E-state index in [0.29, 0.717) is 23.4 Å². The molecule has 0 bridgehead atoms. The van der Waals surface area contributed by atoms with Crippen molar-refractivity contribution in [1.29, 1.82) is 0 Å². The van der Waals surface area contributed by atoms with Crippen LogP contribution in [0, 0.1) is 11.6 Å². The second-order valence-electron chi connectivity index (χ2n) is 5.83. The smallest absolute Gasteiger partial charge is 0.250 e. The molecule has 5 nitrogen and oxygen atoms in total. The van der Waals surface area contributed by atoms with Crippen LogP contribution in [0.4, 0.5) is 8.78 Å². The molecule has 3 rings (SSSR count). The monoisotopic (exact) mass is 355 g/mol. The van der Waals surface area contributed by atoms with Crippen LogP contribution in [0.2, 0.25) is 0 Å². The topological polar surface area (TPSA) is 78.0 Å². The van der Waals surface area contributed by atoms with Gasteiger partial charge in [0.05, 0.1) is 17.0 Å². The van der Waals surface area contributed by atoms with E-state index >= 15 is 0 Å². The standard InChI is InChI=1S/C19H15F2N3O2/c1-24-17(25)7-4-13(19(22)26)18(24)16-6-3-12(10-23-16)8-11-2-5-14(20)15(21)9-11/h2-7,9-10H,8H2,1H3,(H2,22,26). The zero-order valence-corrected chi connectivity index (χ0v) is 13.9. The molecule has 26 heavy (non-hydrogen) atoms. The number of aromatic nitrogens is 2. The predicted octanol–water partition coefficient (Wildman–Crippen LogP) is 2.42. The molecule has 0 atom stereocenters.